The summed E-state index contributed by atoms with van der Waals surface area (Å²) >= 11 is 0. The second-order valence-electron chi connectivity index (χ2n) is 4.12. The van der Waals surface area contributed by atoms with E-state index in [1.807, 2.05) is 0 Å². The number of hydrazine groups is 1. The number of nitrogens with one attached hydrogen (secondary N) is 1. The average molecular weight is 293 g/mol. The van der Waals surface area contributed by atoms with Crippen LogP contribution in [0.3, 0.4) is 0 Å². The molecule has 0 aliphatic carbocycles. The van der Waals surface area contributed by atoms with Crippen LogP contribution in [0.25, 0.3) is 0 Å². The van der Waals surface area contributed by atoms with Crippen molar-refractivity contribution in [1.29, 1.82) is 0 Å². The van der Waals surface area contributed by atoms with Crippen LogP contribution in [0, 0.1) is 16.5 Å². The lowest BCUT2D eigenvalue weighted by atomic mass is 10.3. The Bertz CT molecular complexity index is 687. The van der Waals surface area contributed by atoms with Crippen molar-refractivity contribution in [3.63, 3.8) is 0 Å². The predicted molar refractivity (Wildman–Crippen MR) is 71.0 cm³/mol. The lowest BCUT2D eigenvalue weighted by Crippen LogP contribution is -2.13. The summed E-state index contributed by atoms with van der Waals surface area (Å²) in [4.78, 5) is 23.3. The third kappa shape index (κ3) is 3.82. The van der Waals surface area contributed by atoms with Gasteiger partial charge in [-0.3, -0.25) is 4.79 Å². The summed E-state index contributed by atoms with van der Waals surface area (Å²) in [5, 5.41) is 0. The standard InChI is InChI=1S/C14H11F2N2O3/c1-9(19)21-14-8-11(16)4-7-13(14)18(20)17-12-5-2-10(15)3-6-12/h2-8H,1H3,(H,17,20)/q+1. The molecule has 0 heterocycles. The lowest BCUT2D eigenvalue weighted by molar-refractivity contribution is -0.428. The van der Waals surface area contributed by atoms with E-state index in [0.29, 0.717) is 10.6 Å². The molecule has 108 valence electrons. The molecular weight excluding hydrogens is 282 g/mol. The number of hydrogen-bond donors (Lipinski definition) is 1. The summed E-state index contributed by atoms with van der Waals surface area (Å²) in [6, 6.07) is 8.21. The highest BCUT2D eigenvalue weighted by Crippen LogP contribution is 2.28. The molecule has 0 bridgehead atoms. The number of nitrogens with zero attached hydrogens (tertiary/aromatic N) is 1. The van der Waals surface area contributed by atoms with Crippen LogP contribution in [0.2, 0.25) is 0 Å². The molecular formula is C14H11F2N2O3+. The van der Waals surface area contributed by atoms with E-state index in [0.717, 1.165) is 25.1 Å². The van der Waals surface area contributed by atoms with E-state index in [9.17, 15) is 18.5 Å². The fourth-order valence-electron chi connectivity index (χ4n) is 1.59. The Morgan fingerprint density at radius 3 is 2.33 bits per heavy atom. The summed E-state index contributed by atoms with van der Waals surface area (Å²) in [5.41, 5.74) is 2.65. The lowest BCUT2D eigenvalue weighted by Gasteiger charge is -2.03. The molecule has 0 amide bonds. The minimum atomic E-state index is -0.683. The van der Waals surface area contributed by atoms with Crippen molar-refractivity contribution < 1.29 is 23.2 Å². The molecule has 0 aromatic heterocycles. The normalized spacial score (nSPS) is 10.0. The molecule has 0 spiro atoms. The van der Waals surface area contributed by atoms with E-state index >= 15 is 0 Å². The van der Waals surface area contributed by atoms with Crippen LogP contribution in [-0.2, 0) is 4.79 Å². The molecule has 0 atom stereocenters. The highest BCUT2D eigenvalue weighted by molar-refractivity contribution is 5.71. The summed E-state index contributed by atoms with van der Waals surface area (Å²) in [6.07, 6.45) is 0. The Morgan fingerprint density at radius 2 is 1.71 bits per heavy atom. The summed E-state index contributed by atoms with van der Waals surface area (Å²) < 4.78 is 30.7. The zero-order valence-electron chi connectivity index (χ0n) is 11.0. The molecule has 1 N–H and O–H groups in total. The van der Waals surface area contributed by atoms with E-state index in [-0.39, 0.29) is 11.4 Å². The van der Waals surface area contributed by atoms with E-state index in [1.54, 1.807) is 0 Å². The SMILES string of the molecule is CC(=O)Oc1cc(F)ccc1[N+](=O)Nc1ccc(F)cc1. The van der Waals surface area contributed by atoms with Crippen molar-refractivity contribution in [2.75, 3.05) is 5.43 Å². The molecule has 0 radical (unpaired) electrons. The molecule has 0 saturated carbocycles. The number of halogens is 2. The van der Waals surface area contributed by atoms with Gasteiger partial charge in [0.05, 0.1) is 4.91 Å². The molecule has 0 aliphatic rings. The number of carbonyl (C=O) groups excluding carboxylic acids is 1. The number of rotatable bonds is 4. The second kappa shape index (κ2) is 6.08. The third-order valence-corrected chi connectivity index (χ3v) is 2.47. The van der Waals surface area contributed by atoms with Crippen LogP contribution in [0.5, 0.6) is 5.75 Å². The van der Waals surface area contributed by atoms with Gasteiger partial charge in [0, 0.05) is 19.1 Å². The number of nitroso groups, excluding NO2 is 1. The first-order valence-corrected chi connectivity index (χ1v) is 5.93. The molecule has 0 fully saturated rings. The highest BCUT2D eigenvalue weighted by atomic mass is 19.1. The molecule has 2 rings (SSSR count). The minimum Gasteiger partial charge on any atom is -0.419 e. The van der Waals surface area contributed by atoms with Crippen molar-refractivity contribution in [3.05, 3.63) is 59.0 Å². The van der Waals surface area contributed by atoms with Crippen molar-refractivity contribution in [2.45, 2.75) is 6.92 Å². The number of esters is 1. The maximum atomic E-state index is 13.2. The van der Waals surface area contributed by atoms with Gasteiger partial charge in [0.2, 0.25) is 5.75 Å². The van der Waals surface area contributed by atoms with Crippen LogP contribution in [0.1, 0.15) is 6.92 Å². The van der Waals surface area contributed by atoms with Gasteiger partial charge in [-0.1, -0.05) is 0 Å². The maximum absolute atomic E-state index is 13.2. The fourth-order valence-corrected chi connectivity index (χ4v) is 1.59. The Labute approximate surface area is 118 Å². The molecule has 0 aliphatic heterocycles. The number of hydrogen-bond acceptors (Lipinski definition) is 3. The Kier molecular flexibility index (Phi) is 4.22. The molecule has 2 aromatic rings. The topological polar surface area (TPSA) is 58.4 Å². The van der Waals surface area contributed by atoms with Crippen LogP contribution >= 0.6 is 0 Å². The van der Waals surface area contributed by atoms with E-state index in [4.69, 9.17) is 4.74 Å². The molecule has 0 unspecified atom stereocenters. The highest BCUT2D eigenvalue weighted by Gasteiger charge is 2.23. The van der Waals surface area contributed by atoms with Gasteiger partial charge in [0.25, 0.3) is 0 Å². The van der Waals surface area contributed by atoms with Gasteiger partial charge < -0.3 is 4.74 Å². The monoisotopic (exact) mass is 293 g/mol. The fraction of sp³-hybridized carbons (Fsp3) is 0.0714. The van der Waals surface area contributed by atoms with Crippen molar-refractivity contribution in [3.8, 4) is 5.75 Å². The zero-order chi connectivity index (χ0) is 15.4. The molecule has 21 heavy (non-hydrogen) atoms. The first-order chi connectivity index (χ1) is 9.95. The van der Waals surface area contributed by atoms with Gasteiger partial charge in [0.1, 0.15) is 17.3 Å². The van der Waals surface area contributed by atoms with Crippen LogP contribution in [0.15, 0.2) is 42.5 Å². The Morgan fingerprint density at radius 1 is 1.10 bits per heavy atom. The third-order valence-electron chi connectivity index (χ3n) is 2.47. The van der Waals surface area contributed by atoms with Gasteiger partial charge >= 0.3 is 11.7 Å². The predicted octanol–water partition coefficient (Wildman–Crippen LogP) is 3.33. The minimum absolute atomic E-state index is 0.0871. The van der Waals surface area contributed by atoms with Gasteiger partial charge in [-0.2, -0.15) is 0 Å². The number of anilines is 1. The zero-order valence-corrected chi connectivity index (χ0v) is 11.0. The molecule has 7 heteroatoms. The quantitative estimate of drug-likeness (QED) is 0.406. The molecule has 0 saturated heterocycles. The molecule has 5 nitrogen and oxygen atoms in total. The van der Waals surface area contributed by atoms with E-state index in [1.165, 1.54) is 24.3 Å². The second-order valence-corrected chi connectivity index (χ2v) is 4.12. The van der Waals surface area contributed by atoms with Gasteiger partial charge in [-0.15, -0.1) is 5.43 Å². The molecule has 2 aromatic carbocycles. The smallest absolute Gasteiger partial charge is 0.334 e. The van der Waals surface area contributed by atoms with Gasteiger partial charge in [-0.05, 0) is 30.3 Å². The Balaban J connectivity index is 2.25. The van der Waals surface area contributed by atoms with Crippen molar-refractivity contribution >= 4 is 17.3 Å². The van der Waals surface area contributed by atoms with E-state index < -0.39 is 17.6 Å². The Hall–Kier alpha value is -2.83. The number of benzene rings is 2. The summed E-state index contributed by atoms with van der Waals surface area (Å²) in [5.74, 6) is -1.99. The number of ether oxygens (including phenoxy) is 1. The van der Waals surface area contributed by atoms with Gasteiger partial charge in [0.15, 0.2) is 4.87 Å². The summed E-state index contributed by atoms with van der Waals surface area (Å²) in [7, 11) is 0. The maximum Gasteiger partial charge on any atom is 0.334 e. The first kappa shape index (κ1) is 14.6. The van der Waals surface area contributed by atoms with Crippen molar-refractivity contribution in [2.24, 2.45) is 0 Å². The summed E-state index contributed by atoms with van der Waals surface area (Å²) in [6.45, 7) is 1.14. The van der Waals surface area contributed by atoms with Crippen LogP contribution in [-0.4, -0.2) is 10.8 Å². The van der Waals surface area contributed by atoms with Crippen molar-refractivity contribution in [1.82, 2.24) is 0 Å². The number of carbonyl (C=O) groups is 1. The van der Waals surface area contributed by atoms with Crippen LogP contribution in [0.4, 0.5) is 20.2 Å². The first-order valence-electron chi connectivity index (χ1n) is 5.93. The van der Waals surface area contributed by atoms with E-state index in [2.05, 4.69) is 5.43 Å². The van der Waals surface area contributed by atoms with Gasteiger partial charge in [-0.25, -0.2) is 8.78 Å². The van der Waals surface area contributed by atoms with Crippen LogP contribution < -0.4 is 10.2 Å². The average Bonchev–Trinajstić information content (AvgIpc) is 2.40. The largest absolute Gasteiger partial charge is 0.419 e.